The summed E-state index contributed by atoms with van der Waals surface area (Å²) in [6, 6.07) is 46.2. The topological polar surface area (TPSA) is 23.5 Å². The van der Waals surface area contributed by atoms with Crippen molar-refractivity contribution in [2.75, 3.05) is 0 Å². The van der Waals surface area contributed by atoms with Gasteiger partial charge in [-0.1, -0.05) is 146 Å². The zero-order valence-corrected chi connectivity index (χ0v) is 21.0. The highest BCUT2D eigenvalue weighted by Gasteiger charge is 2.25. The lowest BCUT2D eigenvalue weighted by Crippen LogP contribution is -2.43. The summed E-state index contributed by atoms with van der Waals surface area (Å²) in [4.78, 5) is 2.41. The molecule has 0 aliphatic rings. The van der Waals surface area contributed by atoms with E-state index in [2.05, 4.69) is 126 Å². The first kappa shape index (κ1) is 24.7. The van der Waals surface area contributed by atoms with Crippen molar-refractivity contribution < 1.29 is 5.11 Å². The van der Waals surface area contributed by atoms with Crippen LogP contribution in [-0.4, -0.2) is 22.2 Å². The second kappa shape index (κ2) is 12.3. The molecule has 0 heterocycles. The van der Waals surface area contributed by atoms with Crippen molar-refractivity contribution in [1.29, 1.82) is 0 Å². The van der Waals surface area contributed by atoms with Gasteiger partial charge in [0.1, 0.15) is 0 Å². The van der Waals surface area contributed by atoms with Crippen LogP contribution in [-0.2, 0) is 19.5 Å². The van der Waals surface area contributed by atoms with E-state index in [9.17, 15) is 5.11 Å². The number of nitrogens with zero attached hydrogens (tertiary/aromatic N) is 1. The van der Waals surface area contributed by atoms with Gasteiger partial charge in [-0.25, -0.2) is 0 Å². The Morgan fingerprint density at radius 2 is 1.08 bits per heavy atom. The van der Waals surface area contributed by atoms with Gasteiger partial charge in [0, 0.05) is 19.1 Å². The van der Waals surface area contributed by atoms with Gasteiger partial charge in [0.2, 0.25) is 0 Å². The van der Waals surface area contributed by atoms with E-state index in [1.807, 2.05) is 24.3 Å². The van der Waals surface area contributed by atoms with Crippen molar-refractivity contribution in [1.82, 2.24) is 4.90 Å². The highest BCUT2D eigenvalue weighted by molar-refractivity contribution is 5.90. The van der Waals surface area contributed by atoms with Gasteiger partial charge in [0.05, 0.1) is 6.10 Å². The van der Waals surface area contributed by atoms with Gasteiger partial charge in [0.25, 0.3) is 0 Å². The maximum atomic E-state index is 11.7. The SMILES string of the molecule is O[C@@H](/C=C/c1cccc2ccccc12)[C@H](Cc1ccccc1)N(Cc1ccccc1)Cc1ccccc1. The van der Waals surface area contributed by atoms with Crippen molar-refractivity contribution in [2.45, 2.75) is 31.7 Å². The average molecular weight is 484 g/mol. The first-order chi connectivity index (χ1) is 18.3. The highest BCUT2D eigenvalue weighted by Crippen LogP contribution is 2.23. The monoisotopic (exact) mass is 483 g/mol. The van der Waals surface area contributed by atoms with E-state index in [0.29, 0.717) is 0 Å². The summed E-state index contributed by atoms with van der Waals surface area (Å²) < 4.78 is 0. The summed E-state index contributed by atoms with van der Waals surface area (Å²) in [6.45, 7) is 1.51. The highest BCUT2D eigenvalue weighted by atomic mass is 16.3. The van der Waals surface area contributed by atoms with Crippen molar-refractivity contribution in [3.63, 3.8) is 0 Å². The van der Waals surface area contributed by atoms with Crippen LogP contribution in [0.1, 0.15) is 22.3 Å². The van der Waals surface area contributed by atoms with Gasteiger partial charge in [-0.2, -0.15) is 0 Å². The normalized spacial score (nSPS) is 13.2. The Morgan fingerprint density at radius 1 is 0.568 bits per heavy atom. The Hall–Kier alpha value is -3.98. The van der Waals surface area contributed by atoms with Crippen LogP contribution in [0.4, 0.5) is 0 Å². The Labute approximate surface area is 220 Å². The summed E-state index contributed by atoms with van der Waals surface area (Å²) in [6.07, 6.45) is 4.15. The maximum Gasteiger partial charge on any atom is 0.0882 e. The molecule has 0 unspecified atom stereocenters. The van der Waals surface area contributed by atoms with Crippen LogP contribution in [0.3, 0.4) is 0 Å². The van der Waals surface area contributed by atoms with Gasteiger partial charge in [0.15, 0.2) is 0 Å². The van der Waals surface area contributed by atoms with Crippen LogP contribution < -0.4 is 0 Å². The second-order valence-electron chi connectivity index (χ2n) is 9.55. The molecule has 0 bridgehead atoms. The third kappa shape index (κ3) is 6.62. The summed E-state index contributed by atoms with van der Waals surface area (Å²) in [7, 11) is 0. The zero-order valence-electron chi connectivity index (χ0n) is 21.0. The predicted octanol–water partition coefficient (Wildman–Crippen LogP) is 7.53. The standard InChI is InChI=1S/C35H33NO/c37-35(24-23-32-21-12-20-31-19-10-11-22-33(31)32)34(25-28-13-4-1-5-14-28)36(26-29-15-6-2-7-16-29)27-30-17-8-3-9-18-30/h1-24,34-35,37H,25-27H2/b24-23+/t34-,35-/m0/s1. The van der Waals surface area contributed by atoms with Gasteiger partial charge in [-0.3, -0.25) is 4.90 Å². The molecule has 2 atom stereocenters. The molecular weight excluding hydrogens is 450 g/mol. The Morgan fingerprint density at radius 3 is 1.70 bits per heavy atom. The molecule has 0 amide bonds. The number of rotatable bonds is 10. The molecule has 5 aromatic rings. The molecule has 0 saturated heterocycles. The van der Waals surface area contributed by atoms with Gasteiger partial charge < -0.3 is 5.11 Å². The fourth-order valence-corrected chi connectivity index (χ4v) is 4.97. The Bertz CT molecular complexity index is 1370. The number of hydrogen-bond acceptors (Lipinski definition) is 2. The number of aliphatic hydroxyl groups excluding tert-OH is 1. The van der Waals surface area contributed by atoms with Gasteiger partial charge in [-0.15, -0.1) is 0 Å². The van der Waals surface area contributed by atoms with Crippen molar-refractivity contribution in [2.24, 2.45) is 0 Å². The van der Waals surface area contributed by atoms with E-state index in [-0.39, 0.29) is 6.04 Å². The molecule has 37 heavy (non-hydrogen) atoms. The summed E-state index contributed by atoms with van der Waals surface area (Å²) in [5.74, 6) is 0. The van der Waals surface area contributed by atoms with Crippen LogP contribution in [0.2, 0.25) is 0 Å². The van der Waals surface area contributed by atoms with Crippen molar-refractivity contribution >= 4 is 16.8 Å². The first-order valence-electron chi connectivity index (χ1n) is 13.0. The van der Waals surface area contributed by atoms with Crippen LogP contribution in [0.25, 0.3) is 16.8 Å². The minimum atomic E-state index is -0.647. The number of aliphatic hydroxyl groups is 1. The summed E-state index contributed by atoms with van der Waals surface area (Å²) in [5.41, 5.74) is 4.81. The lowest BCUT2D eigenvalue weighted by molar-refractivity contribution is 0.0675. The van der Waals surface area contributed by atoms with E-state index < -0.39 is 6.10 Å². The minimum Gasteiger partial charge on any atom is -0.387 e. The zero-order chi connectivity index (χ0) is 25.3. The van der Waals surface area contributed by atoms with Crippen LogP contribution in [0.5, 0.6) is 0 Å². The minimum absolute atomic E-state index is 0.103. The van der Waals surface area contributed by atoms with E-state index in [0.717, 1.165) is 25.1 Å². The smallest absolute Gasteiger partial charge is 0.0882 e. The fraction of sp³-hybridized carbons (Fsp3) is 0.143. The first-order valence-corrected chi connectivity index (χ1v) is 13.0. The molecule has 5 aromatic carbocycles. The molecule has 2 nitrogen and oxygen atoms in total. The molecule has 1 N–H and O–H groups in total. The van der Waals surface area contributed by atoms with Crippen LogP contribution in [0.15, 0.2) is 140 Å². The van der Waals surface area contributed by atoms with E-state index in [1.54, 1.807) is 0 Å². The largest absolute Gasteiger partial charge is 0.387 e. The lowest BCUT2D eigenvalue weighted by Gasteiger charge is -2.34. The molecule has 184 valence electrons. The molecule has 0 spiro atoms. The third-order valence-electron chi connectivity index (χ3n) is 6.90. The number of hydrogen-bond donors (Lipinski definition) is 1. The molecule has 0 aliphatic carbocycles. The molecule has 0 fully saturated rings. The summed E-state index contributed by atoms with van der Waals surface area (Å²) in [5, 5.41) is 14.1. The second-order valence-corrected chi connectivity index (χ2v) is 9.55. The molecule has 0 aliphatic heterocycles. The van der Waals surface area contributed by atoms with Crippen LogP contribution in [0, 0.1) is 0 Å². The van der Waals surface area contributed by atoms with Gasteiger partial charge in [-0.05, 0) is 39.4 Å². The molecule has 0 radical (unpaired) electrons. The quantitative estimate of drug-likeness (QED) is 0.222. The number of benzene rings is 5. The van der Waals surface area contributed by atoms with Crippen LogP contribution >= 0.6 is 0 Å². The molecule has 2 heteroatoms. The fourth-order valence-electron chi connectivity index (χ4n) is 4.97. The predicted molar refractivity (Wildman–Crippen MR) is 155 cm³/mol. The van der Waals surface area contributed by atoms with E-state index in [4.69, 9.17) is 0 Å². The average Bonchev–Trinajstić information content (AvgIpc) is 2.96. The summed E-state index contributed by atoms with van der Waals surface area (Å²) >= 11 is 0. The third-order valence-corrected chi connectivity index (χ3v) is 6.90. The molecule has 5 rings (SSSR count). The molecule has 0 saturated carbocycles. The maximum absolute atomic E-state index is 11.7. The van der Waals surface area contributed by atoms with E-state index >= 15 is 0 Å². The molecular formula is C35H33NO. The Balaban J connectivity index is 1.49. The van der Waals surface area contributed by atoms with Crippen molar-refractivity contribution in [3.8, 4) is 0 Å². The Kier molecular flexibility index (Phi) is 8.22. The van der Waals surface area contributed by atoms with Gasteiger partial charge >= 0.3 is 0 Å². The lowest BCUT2D eigenvalue weighted by atomic mass is 9.96. The van der Waals surface area contributed by atoms with Crippen molar-refractivity contribution in [3.05, 3.63) is 162 Å². The van der Waals surface area contributed by atoms with E-state index in [1.165, 1.54) is 27.5 Å². The number of fused-ring (bicyclic) bond motifs is 1. The molecule has 0 aromatic heterocycles.